The van der Waals surface area contributed by atoms with Crippen LogP contribution >= 0.6 is 27.7 Å². The summed E-state index contributed by atoms with van der Waals surface area (Å²) < 4.78 is 5.96. The van der Waals surface area contributed by atoms with Crippen molar-refractivity contribution in [1.29, 1.82) is 0 Å². The number of nitrogens with one attached hydrogen (secondary N) is 1. The number of aryl methyl sites for hydroxylation is 2. The summed E-state index contributed by atoms with van der Waals surface area (Å²) in [6.07, 6.45) is 0. The van der Waals surface area contributed by atoms with E-state index in [1.807, 2.05) is 26.0 Å². The number of phenols is 1. The zero-order chi connectivity index (χ0) is 23.7. The predicted octanol–water partition coefficient (Wildman–Crippen LogP) is 3.84. The smallest absolute Gasteiger partial charge is 0.329 e. The van der Waals surface area contributed by atoms with E-state index in [0.29, 0.717) is 35.3 Å². The Kier molecular flexibility index (Phi) is 6.61. The lowest BCUT2D eigenvalue weighted by Crippen LogP contribution is -2.23. The van der Waals surface area contributed by atoms with Crippen molar-refractivity contribution < 1.29 is 9.90 Å². The number of benzene rings is 2. The molecule has 172 valence electrons. The summed E-state index contributed by atoms with van der Waals surface area (Å²) in [4.78, 5) is 25.1. The first-order chi connectivity index (χ1) is 15.8. The maximum Gasteiger partial charge on any atom is 0.329 e. The van der Waals surface area contributed by atoms with Gasteiger partial charge in [-0.2, -0.15) is 0 Å². The molecule has 11 heteroatoms. The van der Waals surface area contributed by atoms with Gasteiger partial charge in [0.15, 0.2) is 11.0 Å². The Balaban J connectivity index is 1.48. The largest absolute Gasteiger partial charge is 0.507 e. The zero-order valence-electron chi connectivity index (χ0n) is 18.4. The summed E-state index contributed by atoms with van der Waals surface area (Å²) in [5.74, 6) is 0.529. The molecule has 1 amide bonds. The van der Waals surface area contributed by atoms with Gasteiger partial charge in [0.25, 0.3) is 0 Å². The van der Waals surface area contributed by atoms with Crippen molar-refractivity contribution in [3.8, 4) is 17.1 Å². The standard InChI is InChI=1S/C22H23BrN6O3S/c1-4-28-16-8-7-14(11-17(16)29(5-2)22(28)32)24-19(31)12-33-21-26-25-20(27(21)3)15-10-13(23)6-9-18(15)30/h6-11,30H,4-5,12H2,1-3H3,(H,24,31). The van der Waals surface area contributed by atoms with Crippen LogP contribution in [0.1, 0.15) is 13.8 Å². The van der Waals surface area contributed by atoms with Gasteiger partial charge in [-0.25, -0.2) is 4.79 Å². The highest BCUT2D eigenvalue weighted by atomic mass is 79.9. The first-order valence-corrected chi connectivity index (χ1v) is 12.2. The number of anilines is 1. The second-order valence-corrected chi connectivity index (χ2v) is 9.20. The average molecular weight is 531 g/mol. The lowest BCUT2D eigenvalue weighted by molar-refractivity contribution is -0.113. The average Bonchev–Trinajstić information content (AvgIpc) is 3.29. The monoisotopic (exact) mass is 530 g/mol. The fourth-order valence-electron chi connectivity index (χ4n) is 3.70. The van der Waals surface area contributed by atoms with Gasteiger partial charge in [-0.1, -0.05) is 27.7 Å². The van der Waals surface area contributed by atoms with Gasteiger partial charge in [0.2, 0.25) is 5.91 Å². The molecule has 0 spiro atoms. The molecule has 4 aromatic rings. The maximum absolute atomic E-state index is 12.6. The summed E-state index contributed by atoms with van der Waals surface area (Å²) in [7, 11) is 1.78. The Hall–Kier alpha value is -3.05. The second kappa shape index (κ2) is 9.44. The normalized spacial score (nSPS) is 11.3. The number of hydrogen-bond donors (Lipinski definition) is 2. The van der Waals surface area contributed by atoms with Crippen LogP contribution in [0.15, 0.2) is 50.8 Å². The summed E-state index contributed by atoms with van der Waals surface area (Å²) in [5.41, 5.74) is 2.76. The minimum absolute atomic E-state index is 0.0522. The number of halogens is 1. The van der Waals surface area contributed by atoms with E-state index in [1.165, 1.54) is 11.8 Å². The molecule has 2 heterocycles. The van der Waals surface area contributed by atoms with E-state index in [2.05, 4.69) is 31.4 Å². The first kappa shape index (κ1) is 23.1. The molecule has 0 unspecified atom stereocenters. The first-order valence-electron chi connectivity index (χ1n) is 10.4. The molecule has 0 atom stereocenters. The van der Waals surface area contributed by atoms with Gasteiger partial charge in [0.1, 0.15) is 5.75 Å². The van der Waals surface area contributed by atoms with Gasteiger partial charge >= 0.3 is 5.69 Å². The van der Waals surface area contributed by atoms with Crippen LogP contribution in [0.4, 0.5) is 5.69 Å². The number of imidazole rings is 1. The fourth-order valence-corrected chi connectivity index (χ4v) is 4.77. The Morgan fingerprint density at radius 3 is 2.55 bits per heavy atom. The highest BCUT2D eigenvalue weighted by Gasteiger charge is 2.17. The number of carbonyl (C=O) groups is 1. The number of carbonyl (C=O) groups excluding carboxylic acids is 1. The number of aromatic nitrogens is 5. The quantitative estimate of drug-likeness (QED) is 0.351. The molecule has 0 aliphatic heterocycles. The third-order valence-corrected chi connectivity index (χ3v) is 6.82. The van der Waals surface area contributed by atoms with E-state index in [-0.39, 0.29) is 23.1 Å². The van der Waals surface area contributed by atoms with Gasteiger partial charge in [-0.15, -0.1) is 10.2 Å². The zero-order valence-corrected chi connectivity index (χ0v) is 20.8. The van der Waals surface area contributed by atoms with Crippen LogP contribution in [0.5, 0.6) is 5.75 Å². The highest BCUT2D eigenvalue weighted by Crippen LogP contribution is 2.32. The molecule has 0 saturated carbocycles. The van der Waals surface area contributed by atoms with Gasteiger partial charge in [0.05, 0.1) is 22.3 Å². The molecule has 0 aliphatic rings. The summed E-state index contributed by atoms with van der Waals surface area (Å²) >= 11 is 4.64. The van der Waals surface area contributed by atoms with Gasteiger partial charge in [-0.3, -0.25) is 13.9 Å². The van der Waals surface area contributed by atoms with Gasteiger partial charge in [-0.05, 0) is 50.2 Å². The lowest BCUT2D eigenvalue weighted by Gasteiger charge is -2.08. The lowest BCUT2D eigenvalue weighted by atomic mass is 10.2. The molecular formula is C22H23BrN6O3S. The van der Waals surface area contributed by atoms with Gasteiger partial charge in [0, 0.05) is 30.3 Å². The highest BCUT2D eigenvalue weighted by molar-refractivity contribution is 9.10. The number of fused-ring (bicyclic) bond motifs is 1. The SMILES string of the molecule is CCn1c(=O)n(CC)c2cc(NC(=O)CSc3nnc(-c4cc(Br)ccc4O)n3C)ccc21. The predicted molar refractivity (Wildman–Crippen MR) is 133 cm³/mol. The molecule has 0 fully saturated rings. The van der Waals surface area contributed by atoms with Crippen LogP contribution in [0.3, 0.4) is 0 Å². The van der Waals surface area contributed by atoms with Crippen LogP contribution in [0, 0.1) is 0 Å². The molecule has 4 rings (SSSR count). The third kappa shape index (κ3) is 4.42. The van der Waals surface area contributed by atoms with Crippen molar-refractivity contribution in [3.05, 3.63) is 51.4 Å². The maximum atomic E-state index is 12.6. The van der Waals surface area contributed by atoms with Crippen molar-refractivity contribution >= 4 is 50.3 Å². The minimum Gasteiger partial charge on any atom is -0.507 e. The molecule has 2 aromatic carbocycles. The molecule has 33 heavy (non-hydrogen) atoms. The van der Waals surface area contributed by atoms with E-state index in [9.17, 15) is 14.7 Å². The van der Waals surface area contributed by atoms with E-state index in [0.717, 1.165) is 15.5 Å². The van der Waals surface area contributed by atoms with Crippen LogP contribution in [-0.4, -0.2) is 40.7 Å². The summed E-state index contributed by atoms with van der Waals surface area (Å²) in [5, 5.41) is 21.9. The van der Waals surface area contributed by atoms with Crippen LogP contribution < -0.4 is 11.0 Å². The summed E-state index contributed by atoms with van der Waals surface area (Å²) in [6, 6.07) is 10.6. The molecule has 0 bridgehead atoms. The third-order valence-electron chi connectivity index (χ3n) is 5.30. The molecule has 9 nitrogen and oxygen atoms in total. The second-order valence-electron chi connectivity index (χ2n) is 7.34. The van der Waals surface area contributed by atoms with E-state index in [4.69, 9.17) is 0 Å². The summed E-state index contributed by atoms with van der Waals surface area (Å²) in [6.45, 7) is 5.00. The molecule has 0 saturated heterocycles. The van der Waals surface area contributed by atoms with Crippen LogP contribution in [0.25, 0.3) is 22.4 Å². The van der Waals surface area contributed by atoms with Crippen molar-refractivity contribution in [2.75, 3.05) is 11.1 Å². The Morgan fingerprint density at radius 1 is 1.09 bits per heavy atom. The number of phenolic OH excluding ortho intramolecular Hbond substituents is 1. The van der Waals surface area contributed by atoms with Crippen molar-refractivity contribution in [1.82, 2.24) is 23.9 Å². The molecular weight excluding hydrogens is 508 g/mol. The Labute approximate surface area is 202 Å². The fraction of sp³-hybridized carbons (Fsp3) is 0.273. The number of hydrogen-bond acceptors (Lipinski definition) is 6. The Bertz CT molecular complexity index is 1410. The number of rotatable bonds is 7. The van der Waals surface area contributed by atoms with E-state index in [1.54, 1.807) is 45.0 Å². The van der Waals surface area contributed by atoms with Crippen LogP contribution in [0.2, 0.25) is 0 Å². The molecule has 2 aromatic heterocycles. The molecule has 0 aliphatic carbocycles. The number of nitrogens with zero attached hydrogens (tertiary/aromatic N) is 5. The van der Waals surface area contributed by atoms with Crippen molar-refractivity contribution in [3.63, 3.8) is 0 Å². The van der Waals surface area contributed by atoms with E-state index >= 15 is 0 Å². The Morgan fingerprint density at radius 2 is 1.82 bits per heavy atom. The topological polar surface area (TPSA) is 107 Å². The van der Waals surface area contributed by atoms with Gasteiger partial charge < -0.3 is 15.0 Å². The number of thioether (sulfide) groups is 1. The molecule has 0 radical (unpaired) electrons. The van der Waals surface area contributed by atoms with Crippen molar-refractivity contribution in [2.45, 2.75) is 32.1 Å². The number of aromatic hydroxyl groups is 1. The van der Waals surface area contributed by atoms with E-state index < -0.39 is 0 Å². The van der Waals surface area contributed by atoms with Crippen molar-refractivity contribution in [2.24, 2.45) is 7.05 Å². The minimum atomic E-state index is -0.200. The number of amides is 1. The molecule has 2 N–H and O–H groups in total. The van der Waals surface area contributed by atoms with Crippen LogP contribution in [-0.2, 0) is 24.9 Å².